The molecular formula is C20H24N2O2. The Labute approximate surface area is 143 Å². The third-order valence-corrected chi connectivity index (χ3v) is 4.66. The molecule has 3 rings (SSSR count). The van der Waals surface area contributed by atoms with Gasteiger partial charge in [0.25, 0.3) is 0 Å². The van der Waals surface area contributed by atoms with Crippen molar-refractivity contribution in [2.45, 2.75) is 44.8 Å². The number of nitrogens with zero attached hydrogens (tertiary/aromatic N) is 2. The normalized spacial score (nSPS) is 20.8. The van der Waals surface area contributed by atoms with Crippen molar-refractivity contribution in [1.82, 2.24) is 9.88 Å². The number of rotatable bonds is 4. The Hall–Kier alpha value is -2.20. The molecule has 126 valence electrons. The number of aliphatic hydroxyl groups excluding tert-OH is 1. The monoisotopic (exact) mass is 324 g/mol. The van der Waals surface area contributed by atoms with Crippen molar-refractivity contribution < 1.29 is 9.90 Å². The Balaban J connectivity index is 1.73. The molecule has 0 saturated carbocycles. The number of aryl methyl sites for hydroxylation is 1. The topological polar surface area (TPSA) is 53.4 Å². The number of pyridine rings is 1. The fraction of sp³-hybridized carbons (Fsp3) is 0.400. The molecule has 1 amide bonds. The van der Waals surface area contributed by atoms with Crippen LogP contribution in [0.3, 0.4) is 0 Å². The lowest BCUT2D eigenvalue weighted by molar-refractivity contribution is -0.138. The lowest BCUT2D eigenvalue weighted by Gasteiger charge is -2.39. The van der Waals surface area contributed by atoms with Crippen LogP contribution in [0.4, 0.5) is 0 Å². The van der Waals surface area contributed by atoms with Crippen LogP contribution in [0.2, 0.25) is 0 Å². The van der Waals surface area contributed by atoms with Crippen molar-refractivity contribution in [3.63, 3.8) is 0 Å². The third-order valence-electron chi connectivity index (χ3n) is 4.66. The highest BCUT2D eigenvalue weighted by Gasteiger charge is 2.33. The van der Waals surface area contributed by atoms with Gasteiger partial charge in [0, 0.05) is 18.4 Å². The average molecular weight is 324 g/mol. The van der Waals surface area contributed by atoms with Crippen molar-refractivity contribution in [3.8, 4) is 0 Å². The number of likely N-dealkylation sites (tertiary alicyclic amines) is 1. The molecule has 2 aromatic rings. The smallest absolute Gasteiger partial charge is 0.228 e. The fourth-order valence-electron chi connectivity index (χ4n) is 3.31. The van der Waals surface area contributed by atoms with Gasteiger partial charge in [-0.1, -0.05) is 36.4 Å². The van der Waals surface area contributed by atoms with Crippen LogP contribution in [-0.2, 0) is 17.6 Å². The molecule has 1 aromatic carbocycles. The number of hydrogen-bond donors (Lipinski definition) is 1. The molecule has 1 N–H and O–H groups in total. The summed E-state index contributed by atoms with van der Waals surface area (Å²) in [5.74, 6) is 0.0473. The molecule has 4 heteroatoms. The summed E-state index contributed by atoms with van der Waals surface area (Å²) in [5.41, 5.74) is 3.01. The lowest BCUT2D eigenvalue weighted by Crippen LogP contribution is -2.52. The van der Waals surface area contributed by atoms with Crippen LogP contribution in [0, 0.1) is 6.92 Å². The first kappa shape index (κ1) is 16.7. The van der Waals surface area contributed by atoms with Gasteiger partial charge in [0.15, 0.2) is 0 Å². The van der Waals surface area contributed by atoms with Crippen LogP contribution in [-0.4, -0.2) is 39.6 Å². The molecular weight excluding hydrogens is 300 g/mol. The molecule has 1 aliphatic heterocycles. The molecule has 0 spiro atoms. The number of carbonyl (C=O) groups is 1. The van der Waals surface area contributed by atoms with Crippen LogP contribution in [0.15, 0.2) is 48.7 Å². The van der Waals surface area contributed by atoms with Crippen LogP contribution < -0.4 is 0 Å². The van der Waals surface area contributed by atoms with E-state index >= 15 is 0 Å². The minimum absolute atomic E-state index is 0.0473. The highest BCUT2D eigenvalue weighted by molar-refractivity contribution is 5.79. The van der Waals surface area contributed by atoms with Gasteiger partial charge in [-0.25, -0.2) is 0 Å². The number of piperidine rings is 1. The number of aliphatic hydroxyl groups is 1. The molecule has 0 unspecified atom stereocenters. The Morgan fingerprint density at radius 2 is 2.04 bits per heavy atom. The predicted molar refractivity (Wildman–Crippen MR) is 93.6 cm³/mol. The van der Waals surface area contributed by atoms with Gasteiger partial charge in [0.1, 0.15) is 0 Å². The van der Waals surface area contributed by atoms with E-state index < -0.39 is 6.10 Å². The third kappa shape index (κ3) is 4.01. The second-order valence-corrected chi connectivity index (χ2v) is 6.56. The Morgan fingerprint density at radius 3 is 2.75 bits per heavy atom. The second-order valence-electron chi connectivity index (χ2n) is 6.56. The largest absolute Gasteiger partial charge is 0.391 e. The first-order valence-corrected chi connectivity index (χ1v) is 8.56. The molecule has 1 saturated heterocycles. The van der Waals surface area contributed by atoms with Crippen LogP contribution >= 0.6 is 0 Å². The molecule has 2 heterocycles. The second kappa shape index (κ2) is 7.58. The molecule has 1 aromatic heterocycles. The maximum absolute atomic E-state index is 12.8. The van der Waals surface area contributed by atoms with Gasteiger partial charge in [0.2, 0.25) is 5.91 Å². The Kier molecular flexibility index (Phi) is 5.26. The summed E-state index contributed by atoms with van der Waals surface area (Å²) in [6.45, 7) is 2.69. The van der Waals surface area contributed by atoms with Crippen molar-refractivity contribution in [3.05, 3.63) is 65.5 Å². The molecule has 0 radical (unpaired) electrons. The van der Waals surface area contributed by atoms with Gasteiger partial charge in [-0.05, 0) is 43.4 Å². The van der Waals surface area contributed by atoms with Crippen LogP contribution in [0.25, 0.3) is 0 Å². The Morgan fingerprint density at radius 1 is 1.25 bits per heavy atom. The van der Waals surface area contributed by atoms with Gasteiger partial charge in [-0.2, -0.15) is 0 Å². The first-order valence-electron chi connectivity index (χ1n) is 8.56. The van der Waals surface area contributed by atoms with E-state index in [0.717, 1.165) is 29.7 Å². The number of benzene rings is 1. The molecule has 1 fully saturated rings. The van der Waals surface area contributed by atoms with Gasteiger partial charge < -0.3 is 10.0 Å². The molecule has 1 aliphatic rings. The van der Waals surface area contributed by atoms with E-state index in [1.807, 2.05) is 54.3 Å². The molecule has 24 heavy (non-hydrogen) atoms. The maximum atomic E-state index is 12.8. The van der Waals surface area contributed by atoms with Gasteiger partial charge in [0.05, 0.1) is 18.6 Å². The van der Waals surface area contributed by atoms with E-state index in [1.165, 1.54) is 0 Å². The highest BCUT2D eigenvalue weighted by atomic mass is 16.3. The predicted octanol–water partition coefficient (Wildman–Crippen LogP) is 2.53. The fourth-order valence-corrected chi connectivity index (χ4v) is 3.31. The van der Waals surface area contributed by atoms with Gasteiger partial charge >= 0.3 is 0 Å². The first-order chi connectivity index (χ1) is 11.6. The summed E-state index contributed by atoms with van der Waals surface area (Å²) in [7, 11) is 0. The number of amides is 1. The van der Waals surface area contributed by atoms with E-state index in [2.05, 4.69) is 4.98 Å². The molecule has 0 bridgehead atoms. The van der Waals surface area contributed by atoms with Crippen molar-refractivity contribution in [2.75, 3.05) is 6.54 Å². The molecule has 4 nitrogen and oxygen atoms in total. The summed E-state index contributed by atoms with van der Waals surface area (Å²) in [6, 6.07) is 13.8. The zero-order chi connectivity index (χ0) is 16.9. The van der Waals surface area contributed by atoms with Crippen LogP contribution in [0.1, 0.15) is 29.7 Å². The summed E-state index contributed by atoms with van der Waals surface area (Å²) < 4.78 is 0. The zero-order valence-electron chi connectivity index (χ0n) is 14.1. The van der Waals surface area contributed by atoms with Crippen molar-refractivity contribution in [1.29, 1.82) is 0 Å². The van der Waals surface area contributed by atoms with E-state index in [-0.39, 0.29) is 18.4 Å². The van der Waals surface area contributed by atoms with Crippen LogP contribution in [0.5, 0.6) is 0 Å². The summed E-state index contributed by atoms with van der Waals surface area (Å²) in [6.07, 6.45) is 3.90. The van der Waals surface area contributed by atoms with E-state index in [0.29, 0.717) is 13.0 Å². The van der Waals surface area contributed by atoms with E-state index in [4.69, 9.17) is 0 Å². The van der Waals surface area contributed by atoms with Crippen molar-refractivity contribution in [2.24, 2.45) is 0 Å². The number of carbonyl (C=O) groups excluding carboxylic acids is 1. The molecule has 0 aliphatic carbocycles. The maximum Gasteiger partial charge on any atom is 0.228 e. The lowest BCUT2D eigenvalue weighted by atomic mass is 9.92. The summed E-state index contributed by atoms with van der Waals surface area (Å²) in [5, 5.41) is 10.4. The van der Waals surface area contributed by atoms with Gasteiger partial charge in [-0.15, -0.1) is 0 Å². The van der Waals surface area contributed by atoms with E-state index in [1.54, 1.807) is 6.20 Å². The quantitative estimate of drug-likeness (QED) is 0.940. The van der Waals surface area contributed by atoms with Crippen molar-refractivity contribution >= 4 is 5.91 Å². The van der Waals surface area contributed by atoms with E-state index in [9.17, 15) is 9.90 Å². The highest BCUT2D eigenvalue weighted by Crippen LogP contribution is 2.22. The number of aromatic nitrogens is 1. The number of hydrogen-bond acceptors (Lipinski definition) is 3. The SMILES string of the molecule is Cc1ccc(CC(=O)N2CCC[C@H](O)[C@@H]2Cc2ccccc2)nc1. The minimum Gasteiger partial charge on any atom is -0.391 e. The van der Waals surface area contributed by atoms with Gasteiger partial charge in [-0.3, -0.25) is 9.78 Å². The molecule has 2 atom stereocenters. The average Bonchev–Trinajstić information content (AvgIpc) is 2.59. The Bertz CT molecular complexity index is 670. The summed E-state index contributed by atoms with van der Waals surface area (Å²) >= 11 is 0. The zero-order valence-corrected chi connectivity index (χ0v) is 14.1. The minimum atomic E-state index is -0.464. The standard InChI is InChI=1S/C20H24N2O2/c1-15-9-10-17(21-14-15)13-20(24)22-11-5-8-19(23)18(22)12-16-6-3-2-4-7-16/h2-4,6-7,9-10,14,18-19,23H,5,8,11-13H2,1H3/t18-,19-/m0/s1. The summed E-state index contributed by atoms with van der Waals surface area (Å²) in [4.78, 5) is 19.0.